The molecular weight excluding hydrogens is 249 g/mol. The lowest BCUT2D eigenvalue weighted by atomic mass is 10.1. The number of likely N-dealkylation sites (N-methyl/N-ethyl adjacent to an activating group) is 1. The first-order chi connectivity index (χ1) is 8.54. The fourth-order valence-electron chi connectivity index (χ4n) is 1.66. The van der Waals surface area contributed by atoms with E-state index in [2.05, 4.69) is 18.7 Å². The maximum atomic E-state index is 12.8. The van der Waals surface area contributed by atoms with Crippen LogP contribution in [0, 0.1) is 5.82 Å². The zero-order valence-electron chi connectivity index (χ0n) is 11.3. The molecule has 1 rings (SSSR count). The number of rotatable bonds is 7. The van der Waals surface area contributed by atoms with Crippen molar-refractivity contribution in [3.05, 3.63) is 35.6 Å². The topological polar surface area (TPSA) is 23.5 Å². The summed E-state index contributed by atoms with van der Waals surface area (Å²) in [4.78, 5) is 2.14. The van der Waals surface area contributed by atoms with Crippen molar-refractivity contribution in [3.63, 3.8) is 0 Å². The van der Waals surface area contributed by atoms with Gasteiger partial charge in [0.2, 0.25) is 0 Å². The second-order valence-corrected chi connectivity index (χ2v) is 5.83. The van der Waals surface area contributed by atoms with Gasteiger partial charge in [0.15, 0.2) is 0 Å². The van der Waals surface area contributed by atoms with Gasteiger partial charge in [-0.2, -0.15) is 11.8 Å². The molecule has 1 N–H and O–H groups in total. The summed E-state index contributed by atoms with van der Waals surface area (Å²) in [6, 6.07) is 6.47. The Labute approximate surface area is 113 Å². The van der Waals surface area contributed by atoms with Crippen molar-refractivity contribution in [1.82, 2.24) is 4.90 Å². The molecule has 0 fully saturated rings. The van der Waals surface area contributed by atoms with Crippen molar-refractivity contribution in [2.24, 2.45) is 0 Å². The number of aliphatic hydroxyl groups excluding tert-OH is 1. The molecule has 0 amide bonds. The summed E-state index contributed by atoms with van der Waals surface area (Å²) in [6.07, 6.45) is -0.565. The third-order valence-electron chi connectivity index (χ3n) is 3.03. The van der Waals surface area contributed by atoms with E-state index in [0.717, 1.165) is 17.1 Å². The van der Waals surface area contributed by atoms with Crippen LogP contribution in [0.5, 0.6) is 0 Å². The molecule has 0 saturated heterocycles. The fourth-order valence-corrected chi connectivity index (χ4v) is 2.49. The Kier molecular flexibility index (Phi) is 6.68. The standard InChI is InChI=1S/C14H22FNOS/c1-4-18-10-11(2)16(3)9-14(17)12-5-7-13(15)8-6-12/h5-8,11,14,17H,4,9-10H2,1-3H3. The second-order valence-electron chi connectivity index (χ2n) is 4.52. The monoisotopic (exact) mass is 271 g/mol. The maximum Gasteiger partial charge on any atom is 0.123 e. The van der Waals surface area contributed by atoms with E-state index in [0.29, 0.717) is 12.6 Å². The van der Waals surface area contributed by atoms with Crippen LogP contribution in [0.4, 0.5) is 4.39 Å². The quantitative estimate of drug-likeness (QED) is 0.825. The van der Waals surface area contributed by atoms with E-state index in [1.54, 1.807) is 12.1 Å². The predicted molar refractivity (Wildman–Crippen MR) is 76.5 cm³/mol. The van der Waals surface area contributed by atoms with E-state index < -0.39 is 6.10 Å². The molecule has 4 heteroatoms. The lowest BCUT2D eigenvalue weighted by Crippen LogP contribution is -2.34. The largest absolute Gasteiger partial charge is 0.387 e. The molecule has 0 spiro atoms. The highest BCUT2D eigenvalue weighted by atomic mass is 32.2. The zero-order chi connectivity index (χ0) is 13.5. The molecule has 0 heterocycles. The van der Waals surface area contributed by atoms with E-state index in [1.807, 2.05) is 18.8 Å². The molecule has 1 aromatic carbocycles. The van der Waals surface area contributed by atoms with Crippen molar-refractivity contribution in [2.75, 3.05) is 25.1 Å². The van der Waals surface area contributed by atoms with E-state index >= 15 is 0 Å². The minimum absolute atomic E-state index is 0.271. The summed E-state index contributed by atoms with van der Waals surface area (Å²) in [5.41, 5.74) is 0.763. The molecule has 18 heavy (non-hydrogen) atoms. The van der Waals surface area contributed by atoms with Crippen LogP contribution in [0.3, 0.4) is 0 Å². The van der Waals surface area contributed by atoms with Gasteiger partial charge >= 0.3 is 0 Å². The van der Waals surface area contributed by atoms with Gasteiger partial charge in [-0.15, -0.1) is 0 Å². The number of benzene rings is 1. The van der Waals surface area contributed by atoms with Gasteiger partial charge in [0.05, 0.1) is 6.10 Å². The first-order valence-corrected chi connectivity index (χ1v) is 7.41. The van der Waals surface area contributed by atoms with Crippen LogP contribution in [-0.2, 0) is 0 Å². The minimum Gasteiger partial charge on any atom is -0.387 e. The average Bonchev–Trinajstić information content (AvgIpc) is 2.36. The van der Waals surface area contributed by atoms with Crippen molar-refractivity contribution < 1.29 is 9.50 Å². The molecule has 102 valence electrons. The van der Waals surface area contributed by atoms with Gasteiger partial charge in [0.1, 0.15) is 5.82 Å². The maximum absolute atomic E-state index is 12.8. The van der Waals surface area contributed by atoms with Crippen molar-refractivity contribution >= 4 is 11.8 Å². The van der Waals surface area contributed by atoms with Crippen LogP contribution in [-0.4, -0.2) is 41.1 Å². The van der Waals surface area contributed by atoms with Crippen molar-refractivity contribution in [2.45, 2.75) is 26.0 Å². The molecule has 2 atom stereocenters. The fraction of sp³-hybridized carbons (Fsp3) is 0.571. The summed E-state index contributed by atoms with van der Waals surface area (Å²) in [5, 5.41) is 10.1. The molecule has 0 saturated carbocycles. The van der Waals surface area contributed by atoms with Crippen LogP contribution in [0.2, 0.25) is 0 Å². The third kappa shape index (κ3) is 4.96. The Morgan fingerprint density at radius 3 is 2.50 bits per heavy atom. The Balaban J connectivity index is 2.48. The molecule has 0 aromatic heterocycles. The summed E-state index contributed by atoms with van der Waals surface area (Å²) in [5.74, 6) is 1.90. The summed E-state index contributed by atoms with van der Waals surface area (Å²) in [6.45, 7) is 4.86. The summed E-state index contributed by atoms with van der Waals surface area (Å²) in [7, 11) is 2.01. The molecular formula is C14H22FNOS. The molecule has 1 aromatic rings. The number of halogens is 1. The molecule has 2 unspecified atom stereocenters. The predicted octanol–water partition coefficient (Wildman–Crippen LogP) is 2.93. The van der Waals surface area contributed by atoms with Gasteiger partial charge in [-0.25, -0.2) is 4.39 Å². The summed E-state index contributed by atoms with van der Waals surface area (Å²) >= 11 is 1.90. The Bertz CT molecular complexity index is 344. The molecule has 2 nitrogen and oxygen atoms in total. The van der Waals surface area contributed by atoms with Crippen LogP contribution in [0.25, 0.3) is 0 Å². The smallest absolute Gasteiger partial charge is 0.123 e. The number of hydrogen-bond donors (Lipinski definition) is 1. The number of thioether (sulfide) groups is 1. The normalized spacial score (nSPS) is 14.8. The highest BCUT2D eigenvalue weighted by Crippen LogP contribution is 2.16. The van der Waals surface area contributed by atoms with Gasteiger partial charge in [-0.05, 0) is 37.4 Å². The lowest BCUT2D eigenvalue weighted by molar-refractivity contribution is 0.113. The van der Waals surface area contributed by atoms with Crippen LogP contribution < -0.4 is 0 Å². The molecule has 0 radical (unpaired) electrons. The molecule has 0 aliphatic carbocycles. The molecule has 0 aliphatic heterocycles. The summed E-state index contributed by atoms with van der Waals surface area (Å²) < 4.78 is 12.8. The van der Waals surface area contributed by atoms with E-state index in [1.165, 1.54) is 12.1 Å². The van der Waals surface area contributed by atoms with Crippen LogP contribution in [0.15, 0.2) is 24.3 Å². The van der Waals surface area contributed by atoms with E-state index in [-0.39, 0.29) is 5.82 Å². The van der Waals surface area contributed by atoms with Gasteiger partial charge < -0.3 is 5.11 Å². The van der Waals surface area contributed by atoms with E-state index in [4.69, 9.17) is 0 Å². The highest BCUT2D eigenvalue weighted by Gasteiger charge is 2.15. The zero-order valence-corrected chi connectivity index (χ0v) is 12.1. The first-order valence-electron chi connectivity index (χ1n) is 6.26. The van der Waals surface area contributed by atoms with Crippen molar-refractivity contribution in [3.8, 4) is 0 Å². The van der Waals surface area contributed by atoms with E-state index in [9.17, 15) is 9.50 Å². The Morgan fingerprint density at radius 2 is 1.94 bits per heavy atom. The Morgan fingerprint density at radius 1 is 1.33 bits per heavy atom. The second kappa shape index (κ2) is 7.77. The SMILES string of the molecule is CCSCC(C)N(C)CC(O)c1ccc(F)cc1. The van der Waals surface area contributed by atoms with Gasteiger partial charge in [0, 0.05) is 18.3 Å². The van der Waals surface area contributed by atoms with Crippen molar-refractivity contribution in [1.29, 1.82) is 0 Å². The average molecular weight is 271 g/mol. The van der Waals surface area contributed by atoms with Gasteiger partial charge in [-0.3, -0.25) is 4.90 Å². The Hall–Kier alpha value is -0.580. The first kappa shape index (κ1) is 15.5. The van der Waals surface area contributed by atoms with Gasteiger partial charge in [0.25, 0.3) is 0 Å². The minimum atomic E-state index is -0.565. The third-order valence-corrected chi connectivity index (χ3v) is 4.16. The highest BCUT2D eigenvalue weighted by molar-refractivity contribution is 7.99. The number of nitrogens with zero attached hydrogens (tertiary/aromatic N) is 1. The van der Waals surface area contributed by atoms with Gasteiger partial charge in [-0.1, -0.05) is 19.1 Å². The molecule has 0 bridgehead atoms. The number of hydrogen-bond acceptors (Lipinski definition) is 3. The lowest BCUT2D eigenvalue weighted by Gasteiger charge is -2.26. The molecule has 0 aliphatic rings. The van der Waals surface area contributed by atoms with Crippen LogP contribution >= 0.6 is 11.8 Å². The van der Waals surface area contributed by atoms with Crippen LogP contribution in [0.1, 0.15) is 25.5 Å². The number of aliphatic hydroxyl groups is 1.